The zero-order valence-corrected chi connectivity index (χ0v) is 18.1. The molecule has 0 saturated carbocycles. The van der Waals surface area contributed by atoms with Gasteiger partial charge in [-0.3, -0.25) is 4.90 Å². The maximum Gasteiger partial charge on any atom is 0.334 e. The molecule has 0 unspecified atom stereocenters. The second-order valence-electron chi connectivity index (χ2n) is 7.04. The lowest BCUT2D eigenvalue weighted by molar-refractivity contribution is -0.139. The highest BCUT2D eigenvalue weighted by Gasteiger charge is 2.19. The van der Waals surface area contributed by atoms with Gasteiger partial charge in [-0.2, -0.15) is 0 Å². The summed E-state index contributed by atoms with van der Waals surface area (Å²) in [6, 6.07) is 10.3. The van der Waals surface area contributed by atoms with E-state index in [9.17, 15) is 4.79 Å². The monoisotopic (exact) mass is 412 g/mol. The van der Waals surface area contributed by atoms with Gasteiger partial charge in [0.1, 0.15) is 12.3 Å². The Labute approximate surface area is 176 Å². The summed E-state index contributed by atoms with van der Waals surface area (Å²) >= 11 is 1.68. The third-order valence-corrected chi connectivity index (χ3v) is 5.92. The smallest absolute Gasteiger partial charge is 0.334 e. The summed E-state index contributed by atoms with van der Waals surface area (Å²) in [7, 11) is 0. The summed E-state index contributed by atoms with van der Waals surface area (Å²) in [6.07, 6.45) is 2.82. The molecule has 3 rings (SSSR count). The first kappa shape index (κ1) is 21.3. The van der Waals surface area contributed by atoms with E-state index < -0.39 is 0 Å². The number of esters is 1. The maximum absolute atomic E-state index is 11.9. The van der Waals surface area contributed by atoms with Crippen LogP contribution in [0.1, 0.15) is 34.9 Å². The van der Waals surface area contributed by atoms with Gasteiger partial charge in [-0.05, 0) is 49.8 Å². The molecule has 0 fully saturated rings. The highest BCUT2D eigenvalue weighted by atomic mass is 32.1. The first-order valence-corrected chi connectivity index (χ1v) is 10.9. The lowest BCUT2D eigenvalue weighted by Crippen LogP contribution is -2.35. The predicted molar refractivity (Wildman–Crippen MR) is 118 cm³/mol. The molecule has 0 radical (unpaired) electrons. The zero-order valence-electron chi connectivity index (χ0n) is 17.3. The van der Waals surface area contributed by atoms with Crippen LogP contribution in [0.3, 0.4) is 0 Å². The number of ether oxygens (including phenoxy) is 1. The number of aryl methyl sites for hydroxylation is 2. The number of hydrogen-bond donors (Lipinski definition) is 0. The van der Waals surface area contributed by atoms with Crippen LogP contribution in [0.5, 0.6) is 0 Å². The van der Waals surface area contributed by atoms with Gasteiger partial charge < -0.3 is 9.57 Å². The van der Waals surface area contributed by atoms with Crippen molar-refractivity contribution in [2.75, 3.05) is 32.8 Å². The van der Waals surface area contributed by atoms with Crippen LogP contribution in [0.25, 0.3) is 0 Å². The molecule has 0 saturated heterocycles. The Kier molecular flexibility index (Phi) is 7.61. The molecular formula is C23H28N2O3S. The SMILES string of the molecule is CCOC(=O)C1=CCCN(CCO/N=C(\c2ccccc2C)c2sccc2C)C1. The van der Waals surface area contributed by atoms with Crippen LogP contribution >= 0.6 is 11.3 Å². The van der Waals surface area contributed by atoms with Crippen LogP contribution < -0.4 is 0 Å². The van der Waals surface area contributed by atoms with Crippen molar-refractivity contribution in [1.29, 1.82) is 0 Å². The third kappa shape index (κ3) is 5.55. The molecule has 0 bridgehead atoms. The molecule has 0 atom stereocenters. The van der Waals surface area contributed by atoms with Gasteiger partial charge in [0.15, 0.2) is 0 Å². The minimum absolute atomic E-state index is 0.217. The average Bonchev–Trinajstić information content (AvgIpc) is 3.15. The molecule has 2 heterocycles. The van der Waals surface area contributed by atoms with Gasteiger partial charge in [0.2, 0.25) is 0 Å². The van der Waals surface area contributed by atoms with Crippen molar-refractivity contribution in [1.82, 2.24) is 4.90 Å². The van der Waals surface area contributed by atoms with Crippen molar-refractivity contribution in [3.63, 3.8) is 0 Å². The summed E-state index contributed by atoms with van der Waals surface area (Å²) in [5.74, 6) is -0.217. The lowest BCUT2D eigenvalue weighted by atomic mass is 10.0. The predicted octanol–water partition coefficient (Wildman–Crippen LogP) is 4.33. The fourth-order valence-electron chi connectivity index (χ4n) is 3.32. The number of thiophene rings is 1. The molecule has 2 aromatic rings. The fourth-order valence-corrected chi connectivity index (χ4v) is 4.24. The number of hydrogen-bond acceptors (Lipinski definition) is 6. The summed E-state index contributed by atoms with van der Waals surface area (Å²) in [5, 5.41) is 6.60. The normalized spacial score (nSPS) is 15.1. The molecule has 1 aromatic carbocycles. The van der Waals surface area contributed by atoms with E-state index >= 15 is 0 Å². The summed E-state index contributed by atoms with van der Waals surface area (Å²) in [6.45, 7) is 9.09. The Bertz CT molecular complexity index is 901. The number of rotatable bonds is 8. The minimum Gasteiger partial charge on any atom is -0.463 e. The standard InChI is InChI=1S/C23H28N2O3S/c1-4-27-23(26)19-9-7-12-25(16-19)13-14-28-24-21(22-18(3)11-15-29-22)20-10-6-5-8-17(20)2/h5-6,8-11,15H,4,7,12-14,16H2,1-3H3/b24-21+. The first-order valence-electron chi connectivity index (χ1n) is 9.99. The second kappa shape index (κ2) is 10.4. The summed E-state index contributed by atoms with van der Waals surface area (Å²) < 4.78 is 5.11. The first-order chi connectivity index (χ1) is 14.1. The third-order valence-electron chi connectivity index (χ3n) is 4.90. The molecule has 1 aliphatic rings. The van der Waals surface area contributed by atoms with E-state index in [0.29, 0.717) is 26.3 Å². The minimum atomic E-state index is -0.217. The lowest BCUT2D eigenvalue weighted by Gasteiger charge is -2.25. The molecule has 0 spiro atoms. The van der Waals surface area contributed by atoms with Crippen molar-refractivity contribution in [2.45, 2.75) is 27.2 Å². The highest BCUT2D eigenvalue weighted by Crippen LogP contribution is 2.23. The van der Waals surface area contributed by atoms with Gasteiger partial charge in [0.05, 0.1) is 11.5 Å². The highest BCUT2D eigenvalue weighted by molar-refractivity contribution is 7.12. The van der Waals surface area contributed by atoms with Crippen LogP contribution in [-0.2, 0) is 14.4 Å². The van der Waals surface area contributed by atoms with E-state index in [2.05, 4.69) is 47.5 Å². The largest absolute Gasteiger partial charge is 0.463 e. The van der Waals surface area contributed by atoms with Gasteiger partial charge in [-0.25, -0.2) is 4.79 Å². The van der Waals surface area contributed by atoms with Gasteiger partial charge in [-0.15, -0.1) is 11.3 Å². The van der Waals surface area contributed by atoms with Crippen molar-refractivity contribution in [3.05, 3.63) is 68.9 Å². The van der Waals surface area contributed by atoms with Crippen LogP contribution in [0.15, 0.2) is 52.5 Å². The Balaban J connectivity index is 1.64. The molecule has 154 valence electrons. The molecule has 6 heteroatoms. The topological polar surface area (TPSA) is 51.1 Å². The Morgan fingerprint density at radius 3 is 2.76 bits per heavy atom. The summed E-state index contributed by atoms with van der Waals surface area (Å²) in [5.41, 5.74) is 5.06. The van der Waals surface area contributed by atoms with Crippen LogP contribution in [-0.4, -0.2) is 49.4 Å². The zero-order chi connectivity index (χ0) is 20.6. The Hall–Kier alpha value is -2.44. The molecule has 0 aliphatic carbocycles. The van der Waals surface area contributed by atoms with Crippen molar-refractivity contribution in [3.8, 4) is 0 Å². The summed E-state index contributed by atoms with van der Waals surface area (Å²) in [4.78, 5) is 21.0. The van der Waals surface area contributed by atoms with Gasteiger partial charge in [0, 0.05) is 30.8 Å². The number of oxime groups is 1. The quantitative estimate of drug-likeness (QED) is 0.280. The molecular weight excluding hydrogens is 384 g/mol. The molecule has 29 heavy (non-hydrogen) atoms. The Morgan fingerprint density at radius 2 is 2.03 bits per heavy atom. The van der Waals surface area contributed by atoms with Crippen LogP contribution in [0.4, 0.5) is 0 Å². The maximum atomic E-state index is 11.9. The number of benzene rings is 1. The van der Waals surface area contributed by atoms with Crippen molar-refractivity contribution in [2.24, 2.45) is 5.16 Å². The average molecular weight is 413 g/mol. The Morgan fingerprint density at radius 1 is 1.21 bits per heavy atom. The van der Waals surface area contributed by atoms with E-state index in [1.54, 1.807) is 11.3 Å². The van der Waals surface area contributed by atoms with Gasteiger partial charge >= 0.3 is 5.97 Å². The number of carbonyl (C=O) groups is 1. The molecule has 1 aliphatic heterocycles. The van der Waals surface area contributed by atoms with E-state index in [-0.39, 0.29) is 5.97 Å². The molecule has 5 nitrogen and oxygen atoms in total. The van der Waals surface area contributed by atoms with Gasteiger partial charge in [-0.1, -0.05) is 35.5 Å². The van der Waals surface area contributed by atoms with Crippen LogP contribution in [0.2, 0.25) is 0 Å². The van der Waals surface area contributed by atoms with E-state index in [4.69, 9.17) is 9.57 Å². The van der Waals surface area contributed by atoms with Crippen molar-refractivity contribution >= 4 is 23.0 Å². The molecule has 0 amide bonds. The van der Waals surface area contributed by atoms with Gasteiger partial charge in [0.25, 0.3) is 0 Å². The second-order valence-corrected chi connectivity index (χ2v) is 7.95. The van der Waals surface area contributed by atoms with E-state index in [0.717, 1.165) is 34.7 Å². The van der Waals surface area contributed by atoms with Crippen LogP contribution in [0, 0.1) is 13.8 Å². The fraction of sp³-hybridized carbons (Fsp3) is 0.391. The van der Waals surface area contributed by atoms with E-state index in [1.807, 2.05) is 25.1 Å². The number of carbonyl (C=O) groups excluding carboxylic acids is 1. The van der Waals surface area contributed by atoms with Crippen molar-refractivity contribution < 1.29 is 14.4 Å². The molecule has 1 aromatic heterocycles. The molecule has 0 N–H and O–H groups in total. The number of nitrogens with zero attached hydrogens (tertiary/aromatic N) is 2. The van der Waals surface area contributed by atoms with E-state index in [1.165, 1.54) is 11.1 Å².